The fraction of sp³-hybridized carbons (Fsp3) is 0.200. The molecule has 1 aromatic carbocycles. The van der Waals surface area contributed by atoms with Gasteiger partial charge in [-0.2, -0.15) is 5.26 Å². The molecular weight excluding hydrogens is 241 g/mol. The highest BCUT2D eigenvalue weighted by molar-refractivity contribution is 5.34. The molecule has 2 rings (SSSR count). The third kappa shape index (κ3) is 3.60. The summed E-state index contributed by atoms with van der Waals surface area (Å²) in [6, 6.07) is 12.3. The quantitative estimate of drug-likeness (QED) is 0.843. The highest BCUT2D eigenvalue weighted by Gasteiger charge is 2.06. The van der Waals surface area contributed by atoms with Crippen LogP contribution >= 0.6 is 0 Å². The zero-order chi connectivity index (χ0) is 13.7. The fourth-order valence-electron chi connectivity index (χ4n) is 1.89. The topological polar surface area (TPSA) is 39.9 Å². The first kappa shape index (κ1) is 13.2. The molecule has 1 heterocycles. The maximum atomic E-state index is 13.2. The Kier molecular flexibility index (Phi) is 4.22. The van der Waals surface area contributed by atoms with Crippen LogP contribution in [0.15, 0.2) is 42.6 Å². The van der Waals surface area contributed by atoms with Crippen molar-refractivity contribution in [3.8, 4) is 6.07 Å². The number of pyridine rings is 1. The number of halogens is 1. The lowest BCUT2D eigenvalue weighted by Gasteiger charge is -2.16. The van der Waals surface area contributed by atoms with E-state index in [0.29, 0.717) is 13.1 Å². The van der Waals surface area contributed by atoms with Gasteiger partial charge >= 0.3 is 0 Å². The van der Waals surface area contributed by atoms with E-state index in [-0.39, 0.29) is 5.56 Å². The van der Waals surface area contributed by atoms with E-state index in [0.717, 1.165) is 11.3 Å². The maximum Gasteiger partial charge on any atom is 0.140 e. The standard InChI is InChI=1S/C15H14FN3/c1-19(11-14-4-2-3-7-18-14)10-12-5-6-15(16)13(8-12)9-17/h2-8H,10-11H2,1H3. The molecule has 0 spiro atoms. The molecule has 0 fully saturated rings. The first-order valence-corrected chi connectivity index (χ1v) is 5.96. The highest BCUT2D eigenvalue weighted by Crippen LogP contribution is 2.12. The van der Waals surface area contributed by atoms with Crippen molar-refractivity contribution in [1.29, 1.82) is 5.26 Å². The predicted molar refractivity (Wildman–Crippen MR) is 70.5 cm³/mol. The number of benzene rings is 1. The van der Waals surface area contributed by atoms with Crippen LogP contribution in [0.5, 0.6) is 0 Å². The van der Waals surface area contributed by atoms with Gasteiger partial charge in [-0.05, 0) is 36.9 Å². The third-order valence-corrected chi connectivity index (χ3v) is 2.76. The summed E-state index contributed by atoms with van der Waals surface area (Å²) in [6.45, 7) is 1.35. The van der Waals surface area contributed by atoms with E-state index < -0.39 is 5.82 Å². The second kappa shape index (κ2) is 6.07. The molecule has 0 amide bonds. The van der Waals surface area contributed by atoms with Gasteiger partial charge in [0.1, 0.15) is 11.9 Å². The lowest BCUT2D eigenvalue weighted by atomic mass is 10.1. The summed E-state index contributed by atoms with van der Waals surface area (Å²) < 4.78 is 13.2. The molecule has 4 heteroatoms. The molecule has 0 N–H and O–H groups in total. The summed E-state index contributed by atoms with van der Waals surface area (Å²) in [5, 5.41) is 8.80. The van der Waals surface area contributed by atoms with Crippen LogP contribution in [0.1, 0.15) is 16.8 Å². The minimum atomic E-state index is -0.473. The first-order chi connectivity index (χ1) is 9.19. The summed E-state index contributed by atoms with van der Waals surface area (Å²) in [6.07, 6.45) is 1.76. The van der Waals surface area contributed by atoms with Gasteiger partial charge in [-0.1, -0.05) is 12.1 Å². The summed E-state index contributed by atoms with van der Waals surface area (Å²) >= 11 is 0. The third-order valence-electron chi connectivity index (χ3n) is 2.76. The van der Waals surface area contributed by atoms with Crippen molar-refractivity contribution in [3.63, 3.8) is 0 Å². The Labute approximate surface area is 111 Å². The number of hydrogen-bond acceptors (Lipinski definition) is 3. The van der Waals surface area contributed by atoms with Crippen LogP contribution in [0.2, 0.25) is 0 Å². The number of hydrogen-bond donors (Lipinski definition) is 0. The zero-order valence-electron chi connectivity index (χ0n) is 10.7. The van der Waals surface area contributed by atoms with Crippen LogP contribution in [-0.4, -0.2) is 16.9 Å². The Balaban J connectivity index is 2.03. The van der Waals surface area contributed by atoms with E-state index >= 15 is 0 Å². The fourth-order valence-corrected chi connectivity index (χ4v) is 1.89. The van der Waals surface area contributed by atoms with Gasteiger partial charge < -0.3 is 0 Å². The smallest absolute Gasteiger partial charge is 0.140 e. The molecule has 0 atom stereocenters. The van der Waals surface area contributed by atoms with Gasteiger partial charge in [-0.3, -0.25) is 9.88 Å². The Morgan fingerprint density at radius 2 is 2.11 bits per heavy atom. The van der Waals surface area contributed by atoms with E-state index in [1.165, 1.54) is 6.07 Å². The molecule has 19 heavy (non-hydrogen) atoms. The molecule has 0 aliphatic heterocycles. The SMILES string of the molecule is CN(Cc1ccc(F)c(C#N)c1)Cc1ccccn1. The lowest BCUT2D eigenvalue weighted by Crippen LogP contribution is -2.18. The number of nitrogens with zero attached hydrogens (tertiary/aromatic N) is 3. The van der Waals surface area contributed by atoms with Gasteiger partial charge in [0.25, 0.3) is 0 Å². The van der Waals surface area contributed by atoms with Crippen LogP contribution in [-0.2, 0) is 13.1 Å². The maximum absolute atomic E-state index is 13.2. The van der Waals surface area contributed by atoms with Crippen LogP contribution in [0.4, 0.5) is 4.39 Å². The summed E-state index contributed by atoms with van der Waals surface area (Å²) in [7, 11) is 1.96. The van der Waals surface area contributed by atoms with E-state index in [1.807, 2.05) is 31.3 Å². The largest absolute Gasteiger partial charge is 0.296 e. The normalized spacial score (nSPS) is 10.4. The van der Waals surface area contributed by atoms with Crippen molar-refractivity contribution in [2.45, 2.75) is 13.1 Å². The Hall–Kier alpha value is -2.25. The van der Waals surface area contributed by atoms with Gasteiger partial charge in [0, 0.05) is 19.3 Å². The van der Waals surface area contributed by atoms with Crippen molar-refractivity contribution in [2.24, 2.45) is 0 Å². The van der Waals surface area contributed by atoms with Gasteiger partial charge in [0.05, 0.1) is 11.3 Å². The van der Waals surface area contributed by atoms with Crippen molar-refractivity contribution in [1.82, 2.24) is 9.88 Å². The average Bonchev–Trinajstić information content (AvgIpc) is 2.42. The van der Waals surface area contributed by atoms with Gasteiger partial charge in [0.2, 0.25) is 0 Å². The summed E-state index contributed by atoms with van der Waals surface area (Å²) in [5.41, 5.74) is 1.98. The summed E-state index contributed by atoms with van der Waals surface area (Å²) in [4.78, 5) is 6.32. The molecular formula is C15H14FN3. The molecule has 2 aromatic rings. The predicted octanol–water partition coefficient (Wildman–Crippen LogP) is 2.72. The number of aromatic nitrogens is 1. The highest BCUT2D eigenvalue weighted by atomic mass is 19.1. The Bertz CT molecular complexity index is 590. The monoisotopic (exact) mass is 255 g/mol. The molecule has 3 nitrogen and oxygen atoms in total. The molecule has 0 saturated carbocycles. The van der Waals surface area contributed by atoms with Crippen LogP contribution in [0.25, 0.3) is 0 Å². The van der Waals surface area contributed by atoms with Gasteiger partial charge in [-0.25, -0.2) is 4.39 Å². The van der Waals surface area contributed by atoms with Crippen LogP contribution in [0.3, 0.4) is 0 Å². The van der Waals surface area contributed by atoms with Gasteiger partial charge in [-0.15, -0.1) is 0 Å². The van der Waals surface area contributed by atoms with Crippen molar-refractivity contribution in [3.05, 3.63) is 65.2 Å². The molecule has 0 unspecified atom stereocenters. The molecule has 1 aromatic heterocycles. The Morgan fingerprint density at radius 1 is 1.26 bits per heavy atom. The van der Waals surface area contributed by atoms with Crippen LogP contribution < -0.4 is 0 Å². The summed E-state index contributed by atoms with van der Waals surface area (Å²) in [5.74, 6) is -0.473. The molecule has 0 aliphatic rings. The average molecular weight is 255 g/mol. The molecule has 0 aliphatic carbocycles. The van der Waals surface area contributed by atoms with Crippen molar-refractivity contribution >= 4 is 0 Å². The van der Waals surface area contributed by atoms with Crippen LogP contribution in [0, 0.1) is 17.1 Å². The minimum Gasteiger partial charge on any atom is -0.296 e. The lowest BCUT2D eigenvalue weighted by molar-refractivity contribution is 0.315. The zero-order valence-corrected chi connectivity index (χ0v) is 10.7. The molecule has 0 bridgehead atoms. The van der Waals surface area contributed by atoms with E-state index in [1.54, 1.807) is 18.3 Å². The second-order valence-corrected chi connectivity index (χ2v) is 4.42. The van der Waals surface area contributed by atoms with Crippen molar-refractivity contribution < 1.29 is 4.39 Å². The first-order valence-electron chi connectivity index (χ1n) is 5.96. The molecule has 0 saturated heterocycles. The minimum absolute atomic E-state index is 0.0868. The van der Waals surface area contributed by atoms with E-state index in [2.05, 4.69) is 9.88 Å². The van der Waals surface area contributed by atoms with E-state index in [9.17, 15) is 4.39 Å². The molecule has 96 valence electrons. The van der Waals surface area contributed by atoms with Crippen molar-refractivity contribution in [2.75, 3.05) is 7.05 Å². The molecule has 0 radical (unpaired) electrons. The number of rotatable bonds is 4. The van der Waals surface area contributed by atoms with Gasteiger partial charge in [0.15, 0.2) is 0 Å². The second-order valence-electron chi connectivity index (χ2n) is 4.42. The van der Waals surface area contributed by atoms with E-state index in [4.69, 9.17) is 5.26 Å². The number of nitriles is 1. The Morgan fingerprint density at radius 3 is 2.79 bits per heavy atom.